The SMILES string of the molecule is CN(C)CCNS(=O)(=O)c1ccc(NCCc2ccccc2F)c([N+](=O)[O-])c1. The van der Waals surface area contributed by atoms with Crippen molar-refractivity contribution < 1.29 is 17.7 Å². The van der Waals surface area contributed by atoms with Gasteiger partial charge in [-0.1, -0.05) is 18.2 Å². The molecule has 8 nitrogen and oxygen atoms in total. The van der Waals surface area contributed by atoms with Crippen molar-refractivity contribution in [1.29, 1.82) is 0 Å². The highest BCUT2D eigenvalue weighted by Crippen LogP contribution is 2.27. The minimum Gasteiger partial charge on any atom is -0.379 e. The van der Waals surface area contributed by atoms with Crippen molar-refractivity contribution >= 4 is 21.4 Å². The summed E-state index contributed by atoms with van der Waals surface area (Å²) in [6, 6.07) is 9.95. The van der Waals surface area contributed by atoms with E-state index in [4.69, 9.17) is 0 Å². The van der Waals surface area contributed by atoms with Crippen LogP contribution in [0.4, 0.5) is 15.8 Å². The zero-order valence-corrected chi connectivity index (χ0v) is 16.5. The quantitative estimate of drug-likeness (QED) is 0.460. The molecule has 28 heavy (non-hydrogen) atoms. The molecule has 2 aromatic carbocycles. The van der Waals surface area contributed by atoms with E-state index in [1.54, 1.807) is 32.3 Å². The van der Waals surface area contributed by atoms with Crippen LogP contribution in [0.25, 0.3) is 0 Å². The average Bonchev–Trinajstić information content (AvgIpc) is 2.62. The molecule has 0 atom stereocenters. The maximum Gasteiger partial charge on any atom is 0.293 e. The number of rotatable bonds is 10. The topological polar surface area (TPSA) is 105 Å². The Morgan fingerprint density at radius 3 is 2.50 bits per heavy atom. The van der Waals surface area contributed by atoms with Gasteiger partial charge in [0.15, 0.2) is 0 Å². The summed E-state index contributed by atoms with van der Waals surface area (Å²) >= 11 is 0. The van der Waals surface area contributed by atoms with Crippen molar-refractivity contribution in [3.8, 4) is 0 Å². The highest BCUT2D eigenvalue weighted by molar-refractivity contribution is 7.89. The largest absolute Gasteiger partial charge is 0.379 e. The zero-order valence-electron chi connectivity index (χ0n) is 15.7. The van der Waals surface area contributed by atoms with Gasteiger partial charge in [-0.2, -0.15) is 0 Å². The van der Waals surface area contributed by atoms with Gasteiger partial charge in [0, 0.05) is 25.7 Å². The Morgan fingerprint density at radius 2 is 1.86 bits per heavy atom. The molecule has 0 aromatic heterocycles. The third-order valence-electron chi connectivity index (χ3n) is 3.99. The highest BCUT2D eigenvalue weighted by Gasteiger charge is 2.21. The molecule has 0 aliphatic carbocycles. The molecule has 152 valence electrons. The third-order valence-corrected chi connectivity index (χ3v) is 5.45. The predicted octanol–water partition coefficient (Wildman–Crippen LogP) is 2.23. The maximum absolute atomic E-state index is 13.6. The van der Waals surface area contributed by atoms with E-state index in [9.17, 15) is 22.9 Å². The van der Waals surface area contributed by atoms with Crippen LogP contribution in [0.2, 0.25) is 0 Å². The molecule has 0 spiro atoms. The number of benzene rings is 2. The van der Waals surface area contributed by atoms with E-state index in [0.29, 0.717) is 18.5 Å². The first kappa shape index (κ1) is 21.7. The minimum atomic E-state index is -3.86. The first-order valence-electron chi connectivity index (χ1n) is 8.61. The molecule has 0 heterocycles. The molecule has 0 saturated carbocycles. The first-order chi connectivity index (χ1) is 13.2. The number of halogens is 1. The van der Waals surface area contributed by atoms with E-state index >= 15 is 0 Å². The molecule has 0 amide bonds. The summed E-state index contributed by atoms with van der Waals surface area (Å²) in [4.78, 5) is 12.4. The number of sulfonamides is 1. The molecule has 0 bridgehead atoms. The lowest BCUT2D eigenvalue weighted by molar-refractivity contribution is -0.384. The van der Waals surface area contributed by atoms with Crippen molar-refractivity contribution in [2.45, 2.75) is 11.3 Å². The van der Waals surface area contributed by atoms with Gasteiger partial charge < -0.3 is 10.2 Å². The van der Waals surface area contributed by atoms with Gasteiger partial charge in [-0.15, -0.1) is 0 Å². The van der Waals surface area contributed by atoms with Crippen LogP contribution in [0.15, 0.2) is 47.4 Å². The molecule has 0 aliphatic heterocycles. The second-order valence-electron chi connectivity index (χ2n) is 6.41. The van der Waals surface area contributed by atoms with Crippen molar-refractivity contribution in [2.24, 2.45) is 0 Å². The number of nitrogens with one attached hydrogen (secondary N) is 2. The van der Waals surface area contributed by atoms with Gasteiger partial charge in [-0.05, 0) is 44.3 Å². The van der Waals surface area contributed by atoms with Crippen LogP contribution in [-0.2, 0) is 16.4 Å². The van der Waals surface area contributed by atoms with Crippen LogP contribution < -0.4 is 10.0 Å². The summed E-state index contributed by atoms with van der Waals surface area (Å²) in [5.41, 5.74) is 0.305. The summed E-state index contributed by atoms with van der Waals surface area (Å²) in [6.45, 7) is 0.942. The highest BCUT2D eigenvalue weighted by atomic mass is 32.2. The van der Waals surface area contributed by atoms with Gasteiger partial charge in [-0.3, -0.25) is 10.1 Å². The number of anilines is 1. The molecule has 2 N–H and O–H groups in total. The number of nitro groups is 1. The van der Waals surface area contributed by atoms with Crippen molar-refractivity contribution in [3.05, 3.63) is 64.0 Å². The lowest BCUT2D eigenvalue weighted by Crippen LogP contribution is -2.31. The van der Waals surface area contributed by atoms with Crippen LogP contribution in [-0.4, -0.2) is 52.0 Å². The molecular weight excluding hydrogens is 387 g/mol. The summed E-state index contributed by atoms with van der Waals surface area (Å²) < 4.78 is 40.7. The number of nitrogens with zero attached hydrogens (tertiary/aromatic N) is 2. The number of nitro benzene ring substituents is 1. The Morgan fingerprint density at radius 1 is 1.14 bits per heavy atom. The Balaban J connectivity index is 2.12. The van der Waals surface area contributed by atoms with E-state index in [-0.39, 0.29) is 35.2 Å². The number of hydrogen-bond donors (Lipinski definition) is 2. The third kappa shape index (κ3) is 5.98. The van der Waals surface area contributed by atoms with Gasteiger partial charge in [-0.25, -0.2) is 17.5 Å². The summed E-state index contributed by atoms with van der Waals surface area (Å²) in [5, 5.41) is 14.3. The van der Waals surface area contributed by atoms with Crippen LogP contribution >= 0.6 is 0 Å². The van der Waals surface area contributed by atoms with E-state index < -0.39 is 14.9 Å². The second kappa shape index (κ2) is 9.58. The summed E-state index contributed by atoms with van der Waals surface area (Å²) in [5.74, 6) is -0.343. The number of hydrogen-bond acceptors (Lipinski definition) is 6. The monoisotopic (exact) mass is 410 g/mol. The van der Waals surface area contributed by atoms with Crippen LogP contribution in [0.3, 0.4) is 0 Å². The van der Waals surface area contributed by atoms with E-state index in [1.165, 1.54) is 18.2 Å². The van der Waals surface area contributed by atoms with Gasteiger partial charge in [0.05, 0.1) is 9.82 Å². The van der Waals surface area contributed by atoms with Gasteiger partial charge in [0.1, 0.15) is 11.5 Å². The molecule has 0 radical (unpaired) electrons. The smallest absolute Gasteiger partial charge is 0.293 e. The van der Waals surface area contributed by atoms with E-state index in [2.05, 4.69) is 10.0 Å². The second-order valence-corrected chi connectivity index (χ2v) is 8.17. The lowest BCUT2D eigenvalue weighted by Gasteiger charge is -2.12. The lowest BCUT2D eigenvalue weighted by atomic mass is 10.1. The van der Waals surface area contributed by atoms with Crippen molar-refractivity contribution in [1.82, 2.24) is 9.62 Å². The predicted molar refractivity (Wildman–Crippen MR) is 105 cm³/mol. The molecule has 0 saturated heterocycles. The average molecular weight is 410 g/mol. The maximum atomic E-state index is 13.6. The number of likely N-dealkylation sites (N-methyl/N-ethyl adjacent to an activating group) is 1. The Bertz CT molecular complexity index is 935. The fourth-order valence-electron chi connectivity index (χ4n) is 2.50. The van der Waals surface area contributed by atoms with Gasteiger partial charge >= 0.3 is 0 Å². The fourth-order valence-corrected chi connectivity index (χ4v) is 3.54. The molecule has 0 fully saturated rings. The fraction of sp³-hybridized carbons (Fsp3) is 0.333. The summed E-state index contributed by atoms with van der Waals surface area (Å²) in [7, 11) is -0.243. The van der Waals surface area contributed by atoms with Gasteiger partial charge in [0.2, 0.25) is 10.0 Å². The molecule has 2 aromatic rings. The van der Waals surface area contributed by atoms with Gasteiger partial charge in [0.25, 0.3) is 5.69 Å². The van der Waals surface area contributed by atoms with Crippen LogP contribution in [0, 0.1) is 15.9 Å². The Kier molecular flexibility index (Phi) is 7.44. The minimum absolute atomic E-state index is 0.175. The van der Waals surface area contributed by atoms with Crippen molar-refractivity contribution in [3.63, 3.8) is 0 Å². The first-order valence-corrected chi connectivity index (χ1v) is 10.1. The summed E-state index contributed by atoms with van der Waals surface area (Å²) in [6.07, 6.45) is 0.329. The normalized spacial score (nSPS) is 11.6. The molecule has 0 aliphatic rings. The zero-order chi connectivity index (χ0) is 20.7. The van der Waals surface area contributed by atoms with E-state index in [1.807, 2.05) is 4.90 Å². The molecule has 2 rings (SSSR count). The Hall–Kier alpha value is -2.56. The molecule has 0 unspecified atom stereocenters. The van der Waals surface area contributed by atoms with E-state index in [0.717, 1.165) is 6.07 Å². The molecule has 10 heteroatoms. The standard InChI is InChI=1S/C18H23FN4O4S/c1-22(2)12-11-21-28(26,27)15-7-8-17(18(13-15)23(24)25)20-10-9-14-5-3-4-6-16(14)19/h3-8,13,20-21H,9-12H2,1-2H3. The molecular formula is C18H23FN4O4S. The Labute approximate surface area is 163 Å². The van der Waals surface area contributed by atoms with Crippen molar-refractivity contribution in [2.75, 3.05) is 39.0 Å². The van der Waals surface area contributed by atoms with Crippen LogP contribution in [0.1, 0.15) is 5.56 Å². The van der Waals surface area contributed by atoms with Crippen LogP contribution in [0.5, 0.6) is 0 Å².